The SMILES string of the molecule is COCc1c([C@H](O)C=O)cc2n(c1=O)Cc1cc3c([N+](=O)[O-])cccc3nc1-2. The molecule has 2 aromatic heterocycles. The van der Waals surface area contributed by atoms with Crippen LogP contribution in [0.15, 0.2) is 35.1 Å². The van der Waals surface area contributed by atoms with Crippen molar-refractivity contribution in [3.63, 3.8) is 0 Å². The molecule has 0 bridgehead atoms. The van der Waals surface area contributed by atoms with Crippen LogP contribution in [0.3, 0.4) is 0 Å². The number of aliphatic hydroxyl groups is 1. The van der Waals surface area contributed by atoms with Crippen LogP contribution in [0.1, 0.15) is 22.8 Å². The summed E-state index contributed by atoms with van der Waals surface area (Å²) in [7, 11) is 1.41. The molecule has 0 saturated carbocycles. The van der Waals surface area contributed by atoms with Gasteiger partial charge in [0.2, 0.25) is 0 Å². The van der Waals surface area contributed by atoms with Gasteiger partial charge in [-0.3, -0.25) is 14.9 Å². The molecule has 0 spiro atoms. The zero-order valence-electron chi connectivity index (χ0n) is 14.8. The number of nitrogens with zero attached hydrogens (tertiary/aromatic N) is 3. The highest BCUT2D eigenvalue weighted by Crippen LogP contribution is 2.35. The van der Waals surface area contributed by atoms with Gasteiger partial charge in [0.15, 0.2) is 6.29 Å². The van der Waals surface area contributed by atoms with Crippen LogP contribution in [0.2, 0.25) is 0 Å². The number of carbonyl (C=O) groups excluding carboxylic acids is 1. The third kappa shape index (κ3) is 2.60. The summed E-state index contributed by atoms with van der Waals surface area (Å²) < 4.78 is 6.53. The first-order valence-electron chi connectivity index (χ1n) is 8.42. The van der Waals surface area contributed by atoms with Gasteiger partial charge in [0, 0.05) is 29.9 Å². The Labute approximate surface area is 158 Å². The van der Waals surface area contributed by atoms with Crippen molar-refractivity contribution in [2.45, 2.75) is 19.3 Å². The van der Waals surface area contributed by atoms with Gasteiger partial charge in [-0.15, -0.1) is 0 Å². The third-order valence-corrected chi connectivity index (χ3v) is 4.85. The van der Waals surface area contributed by atoms with Gasteiger partial charge in [-0.2, -0.15) is 0 Å². The molecule has 1 N–H and O–H groups in total. The van der Waals surface area contributed by atoms with Crippen molar-refractivity contribution < 1.29 is 19.6 Å². The largest absolute Gasteiger partial charge is 0.381 e. The third-order valence-electron chi connectivity index (χ3n) is 4.85. The van der Waals surface area contributed by atoms with Crippen LogP contribution in [-0.2, 0) is 22.7 Å². The summed E-state index contributed by atoms with van der Waals surface area (Å²) in [5, 5.41) is 21.7. The molecule has 142 valence electrons. The number of ether oxygens (including phenoxy) is 1. The standard InChI is InChI=1S/C19H15N3O6/c1-28-9-13-11(17(24)8-23)6-16-18-10(7-21(16)19(13)25)5-12-14(20-18)3-2-4-15(12)22(26)27/h2-6,8,17,24H,7,9H2,1H3/t17-/m1/s1. The normalized spacial score (nSPS) is 13.2. The number of hydrogen-bond donors (Lipinski definition) is 1. The van der Waals surface area contributed by atoms with Gasteiger partial charge in [0.05, 0.1) is 40.4 Å². The molecule has 9 heteroatoms. The average molecular weight is 381 g/mol. The van der Waals surface area contributed by atoms with E-state index in [-0.39, 0.29) is 30.0 Å². The van der Waals surface area contributed by atoms with Crippen LogP contribution in [0, 0.1) is 10.1 Å². The van der Waals surface area contributed by atoms with Crippen LogP contribution >= 0.6 is 0 Å². The highest BCUT2D eigenvalue weighted by molar-refractivity contribution is 5.91. The predicted octanol–water partition coefficient (Wildman–Crippen LogP) is 1.71. The lowest BCUT2D eigenvalue weighted by molar-refractivity contribution is -0.383. The number of carbonyl (C=O) groups is 1. The number of rotatable bonds is 5. The van der Waals surface area contributed by atoms with E-state index in [2.05, 4.69) is 4.98 Å². The van der Waals surface area contributed by atoms with Crippen molar-refractivity contribution in [3.05, 3.63) is 67.5 Å². The Morgan fingerprint density at radius 2 is 2.21 bits per heavy atom. The van der Waals surface area contributed by atoms with Crippen LogP contribution in [-0.4, -0.2) is 33.0 Å². The minimum atomic E-state index is -1.46. The number of aldehydes is 1. The molecule has 0 unspecified atom stereocenters. The maximum Gasteiger partial charge on any atom is 0.278 e. The summed E-state index contributed by atoms with van der Waals surface area (Å²) >= 11 is 0. The Balaban J connectivity index is 1.99. The Morgan fingerprint density at radius 1 is 1.43 bits per heavy atom. The van der Waals surface area contributed by atoms with Crippen molar-refractivity contribution in [3.8, 4) is 11.4 Å². The summed E-state index contributed by atoms with van der Waals surface area (Å²) in [6, 6.07) is 7.82. The predicted molar refractivity (Wildman–Crippen MR) is 98.9 cm³/mol. The minimum absolute atomic E-state index is 0.0590. The second kappa shape index (κ2) is 6.63. The van der Waals surface area contributed by atoms with Crippen LogP contribution in [0.25, 0.3) is 22.3 Å². The molecule has 3 aromatic rings. The van der Waals surface area contributed by atoms with E-state index in [1.165, 1.54) is 17.7 Å². The molecule has 3 heterocycles. The van der Waals surface area contributed by atoms with E-state index in [9.17, 15) is 24.8 Å². The topological polar surface area (TPSA) is 125 Å². The first-order chi connectivity index (χ1) is 13.5. The molecule has 9 nitrogen and oxygen atoms in total. The van der Waals surface area contributed by atoms with Crippen molar-refractivity contribution in [1.82, 2.24) is 9.55 Å². The minimum Gasteiger partial charge on any atom is -0.381 e. The Morgan fingerprint density at radius 3 is 2.89 bits per heavy atom. The van der Waals surface area contributed by atoms with E-state index < -0.39 is 16.6 Å². The molecule has 1 aromatic carbocycles. The van der Waals surface area contributed by atoms with Crippen LogP contribution in [0.4, 0.5) is 5.69 Å². The lowest BCUT2D eigenvalue weighted by atomic mass is 10.0. The monoisotopic (exact) mass is 381 g/mol. The summed E-state index contributed by atoms with van der Waals surface area (Å²) in [4.78, 5) is 39.4. The van der Waals surface area contributed by atoms with Crippen molar-refractivity contribution in [1.29, 1.82) is 0 Å². The number of non-ortho nitro benzene ring substituents is 1. The first-order valence-corrected chi connectivity index (χ1v) is 8.42. The van der Waals surface area contributed by atoms with Crippen molar-refractivity contribution in [2.24, 2.45) is 0 Å². The van der Waals surface area contributed by atoms with Gasteiger partial charge in [-0.25, -0.2) is 4.98 Å². The highest BCUT2D eigenvalue weighted by atomic mass is 16.6. The van der Waals surface area contributed by atoms with Crippen molar-refractivity contribution in [2.75, 3.05) is 7.11 Å². The van der Waals surface area contributed by atoms with Gasteiger partial charge >= 0.3 is 0 Å². The quantitative estimate of drug-likeness (QED) is 0.317. The number of nitro benzene ring substituents is 1. The fraction of sp³-hybridized carbons (Fsp3) is 0.211. The molecule has 4 rings (SSSR count). The Hall–Kier alpha value is -3.43. The Kier molecular flexibility index (Phi) is 4.25. The number of aromatic nitrogens is 2. The highest BCUT2D eigenvalue weighted by Gasteiger charge is 2.28. The number of pyridine rings is 2. The van der Waals surface area contributed by atoms with E-state index >= 15 is 0 Å². The van der Waals surface area contributed by atoms with Crippen LogP contribution in [0.5, 0.6) is 0 Å². The first kappa shape index (κ1) is 18.0. The summed E-state index contributed by atoms with van der Waals surface area (Å²) in [6.07, 6.45) is -1.12. The molecule has 0 saturated heterocycles. The Bertz CT molecular complexity index is 1200. The fourth-order valence-corrected chi connectivity index (χ4v) is 3.58. The molecule has 28 heavy (non-hydrogen) atoms. The molecule has 0 fully saturated rings. The summed E-state index contributed by atoms with van der Waals surface area (Å²) in [5.74, 6) is 0. The number of benzene rings is 1. The maximum absolute atomic E-state index is 12.9. The molecule has 0 amide bonds. The number of fused-ring (bicyclic) bond motifs is 4. The zero-order valence-corrected chi connectivity index (χ0v) is 14.8. The van der Waals surface area contributed by atoms with Crippen LogP contribution < -0.4 is 5.56 Å². The fourth-order valence-electron chi connectivity index (χ4n) is 3.58. The van der Waals surface area contributed by atoms with E-state index in [0.29, 0.717) is 34.1 Å². The molecule has 0 aliphatic carbocycles. The second-order valence-corrected chi connectivity index (χ2v) is 6.47. The van der Waals surface area contributed by atoms with Gasteiger partial charge in [0.1, 0.15) is 6.10 Å². The average Bonchev–Trinajstić information content (AvgIpc) is 3.05. The van der Waals surface area contributed by atoms with E-state index in [1.807, 2.05) is 0 Å². The number of aliphatic hydroxyl groups excluding tert-OH is 1. The van der Waals surface area contributed by atoms with E-state index in [4.69, 9.17) is 4.74 Å². The van der Waals surface area contributed by atoms with E-state index in [1.54, 1.807) is 24.3 Å². The summed E-state index contributed by atoms with van der Waals surface area (Å²) in [5.41, 5.74) is 1.92. The molecular weight excluding hydrogens is 366 g/mol. The lowest BCUT2D eigenvalue weighted by Crippen LogP contribution is -2.26. The number of nitro groups is 1. The van der Waals surface area contributed by atoms with Gasteiger partial charge in [-0.1, -0.05) is 6.07 Å². The van der Waals surface area contributed by atoms with Gasteiger partial charge in [-0.05, 0) is 18.2 Å². The molecule has 1 aliphatic rings. The zero-order chi connectivity index (χ0) is 20.0. The van der Waals surface area contributed by atoms with E-state index in [0.717, 1.165) is 0 Å². The maximum atomic E-state index is 12.9. The number of methoxy groups -OCH3 is 1. The molecule has 0 radical (unpaired) electrons. The molecular formula is C19H15N3O6. The van der Waals surface area contributed by atoms with Gasteiger partial charge in [0.25, 0.3) is 11.2 Å². The lowest BCUT2D eigenvalue weighted by Gasteiger charge is -2.14. The molecule has 1 aliphatic heterocycles. The van der Waals surface area contributed by atoms with Crippen molar-refractivity contribution >= 4 is 22.9 Å². The smallest absolute Gasteiger partial charge is 0.278 e. The summed E-state index contributed by atoms with van der Waals surface area (Å²) in [6.45, 7) is 0.128. The van der Waals surface area contributed by atoms with Gasteiger partial charge < -0.3 is 19.2 Å². The molecule has 1 atom stereocenters. The number of hydrogen-bond acceptors (Lipinski definition) is 7. The second-order valence-electron chi connectivity index (χ2n) is 6.47.